The Hall–Kier alpha value is -2.69. The number of anilines is 1. The zero-order valence-electron chi connectivity index (χ0n) is 12.8. The van der Waals surface area contributed by atoms with E-state index in [0.717, 1.165) is 22.0 Å². The molecule has 0 saturated heterocycles. The van der Waals surface area contributed by atoms with Crippen molar-refractivity contribution in [3.8, 4) is 17.0 Å². The molecule has 0 unspecified atom stereocenters. The first-order chi connectivity index (χ1) is 11.3. The van der Waals surface area contributed by atoms with Crippen LogP contribution in [0.3, 0.4) is 0 Å². The first-order valence-electron chi connectivity index (χ1n) is 7.90. The Morgan fingerprint density at radius 1 is 1.13 bits per heavy atom. The van der Waals surface area contributed by atoms with E-state index in [1.165, 1.54) is 19.3 Å². The number of rotatable bonds is 4. The van der Waals surface area contributed by atoms with Crippen molar-refractivity contribution in [1.29, 1.82) is 0 Å². The smallest absolute Gasteiger partial charge is 0.226 e. The lowest BCUT2D eigenvalue weighted by atomic mass is 9.86. The molecule has 4 rings (SSSR count). The normalized spacial score (nSPS) is 14.6. The van der Waals surface area contributed by atoms with Crippen LogP contribution in [0.4, 0.5) is 5.95 Å². The monoisotopic (exact) mass is 306 g/mol. The van der Waals surface area contributed by atoms with Gasteiger partial charge in [-0.15, -0.1) is 0 Å². The molecule has 23 heavy (non-hydrogen) atoms. The van der Waals surface area contributed by atoms with Crippen molar-refractivity contribution >= 4 is 16.9 Å². The minimum Gasteiger partial charge on any atom is -0.477 e. The minimum absolute atomic E-state index is 0.246. The third-order valence-corrected chi connectivity index (χ3v) is 4.35. The molecule has 1 saturated carbocycles. The molecule has 5 nitrogen and oxygen atoms in total. The molecule has 2 aromatic heterocycles. The summed E-state index contributed by atoms with van der Waals surface area (Å²) in [5, 5.41) is 0.889. The quantitative estimate of drug-likeness (QED) is 0.799. The maximum atomic E-state index is 5.95. The summed E-state index contributed by atoms with van der Waals surface area (Å²) in [6.45, 7) is 0.697. The first kappa shape index (κ1) is 13.9. The van der Waals surface area contributed by atoms with Crippen LogP contribution < -0.4 is 10.5 Å². The maximum absolute atomic E-state index is 5.95. The van der Waals surface area contributed by atoms with Gasteiger partial charge in [-0.2, -0.15) is 4.98 Å². The highest BCUT2D eigenvalue weighted by atomic mass is 16.5. The van der Waals surface area contributed by atoms with Crippen molar-refractivity contribution in [2.75, 3.05) is 12.3 Å². The van der Waals surface area contributed by atoms with Gasteiger partial charge >= 0.3 is 0 Å². The van der Waals surface area contributed by atoms with Gasteiger partial charge in [-0.25, -0.2) is 4.98 Å². The van der Waals surface area contributed by atoms with E-state index in [4.69, 9.17) is 10.5 Å². The van der Waals surface area contributed by atoms with E-state index in [-0.39, 0.29) is 5.95 Å². The van der Waals surface area contributed by atoms with E-state index in [9.17, 15) is 0 Å². The molecule has 2 heterocycles. The predicted octanol–water partition coefficient (Wildman–Crippen LogP) is 3.45. The molecule has 1 aromatic carbocycles. The number of aromatic nitrogens is 3. The van der Waals surface area contributed by atoms with Gasteiger partial charge in [-0.05, 0) is 42.5 Å². The lowest BCUT2D eigenvalue weighted by Crippen LogP contribution is -2.19. The summed E-state index contributed by atoms with van der Waals surface area (Å²) in [6.07, 6.45) is 7.38. The van der Waals surface area contributed by atoms with Crippen LogP contribution in [0.15, 0.2) is 42.7 Å². The van der Waals surface area contributed by atoms with Crippen LogP contribution in [0, 0.1) is 5.92 Å². The number of ether oxygens (including phenoxy) is 1. The second-order valence-corrected chi connectivity index (χ2v) is 5.97. The number of fused-ring (bicyclic) bond motifs is 1. The fourth-order valence-corrected chi connectivity index (χ4v) is 2.80. The van der Waals surface area contributed by atoms with Crippen molar-refractivity contribution in [1.82, 2.24) is 15.0 Å². The topological polar surface area (TPSA) is 73.9 Å². The van der Waals surface area contributed by atoms with Crippen molar-refractivity contribution in [2.24, 2.45) is 5.92 Å². The van der Waals surface area contributed by atoms with Crippen molar-refractivity contribution in [3.63, 3.8) is 0 Å². The Labute approximate surface area is 134 Å². The number of hydrogen-bond acceptors (Lipinski definition) is 5. The molecule has 1 aliphatic carbocycles. The van der Waals surface area contributed by atoms with Gasteiger partial charge in [0.05, 0.1) is 17.5 Å². The van der Waals surface area contributed by atoms with Crippen LogP contribution >= 0.6 is 0 Å². The van der Waals surface area contributed by atoms with E-state index in [1.54, 1.807) is 6.20 Å². The fraction of sp³-hybridized carbons (Fsp3) is 0.278. The zero-order chi connectivity index (χ0) is 15.6. The van der Waals surface area contributed by atoms with E-state index in [0.29, 0.717) is 18.4 Å². The van der Waals surface area contributed by atoms with Crippen LogP contribution in [-0.4, -0.2) is 21.6 Å². The number of nitrogens with zero attached hydrogens (tertiary/aromatic N) is 3. The fourth-order valence-electron chi connectivity index (χ4n) is 2.80. The molecule has 0 atom stereocenters. The maximum Gasteiger partial charge on any atom is 0.226 e. The van der Waals surface area contributed by atoms with Gasteiger partial charge in [-0.1, -0.05) is 18.6 Å². The SMILES string of the molecule is Nc1nc(OCC2CCC2)c2cc(-c3cccnc3)ccc2n1. The standard InChI is InChI=1S/C18H18N4O/c19-18-21-16-7-6-13(14-5-2-8-20-10-14)9-15(16)17(22-18)23-11-12-3-1-4-12/h2,5-10,12H,1,3-4,11H2,(H2,19,21,22). The van der Waals surface area contributed by atoms with Crippen molar-refractivity contribution < 1.29 is 4.74 Å². The molecule has 116 valence electrons. The van der Waals surface area contributed by atoms with Gasteiger partial charge in [-0.3, -0.25) is 4.98 Å². The Morgan fingerprint density at radius 2 is 2.04 bits per heavy atom. The highest BCUT2D eigenvalue weighted by Gasteiger charge is 2.19. The molecule has 0 aliphatic heterocycles. The van der Waals surface area contributed by atoms with E-state index in [2.05, 4.69) is 15.0 Å². The van der Waals surface area contributed by atoms with Crippen LogP contribution in [0.2, 0.25) is 0 Å². The number of pyridine rings is 1. The Morgan fingerprint density at radius 3 is 2.78 bits per heavy atom. The Balaban J connectivity index is 1.74. The molecule has 0 amide bonds. The van der Waals surface area contributed by atoms with Gasteiger partial charge in [0.15, 0.2) is 0 Å². The molecular weight excluding hydrogens is 288 g/mol. The summed E-state index contributed by atoms with van der Waals surface area (Å²) in [4.78, 5) is 12.8. The van der Waals surface area contributed by atoms with E-state index >= 15 is 0 Å². The average molecular weight is 306 g/mol. The van der Waals surface area contributed by atoms with Gasteiger partial charge < -0.3 is 10.5 Å². The highest BCUT2D eigenvalue weighted by Crippen LogP contribution is 2.31. The Bertz CT molecular complexity index is 831. The molecule has 0 radical (unpaired) electrons. The minimum atomic E-state index is 0.246. The molecule has 1 fully saturated rings. The lowest BCUT2D eigenvalue weighted by Gasteiger charge is -2.25. The van der Waals surface area contributed by atoms with Gasteiger partial charge in [0.1, 0.15) is 0 Å². The summed E-state index contributed by atoms with van der Waals surface area (Å²) >= 11 is 0. The largest absolute Gasteiger partial charge is 0.477 e. The molecule has 3 aromatic rings. The molecule has 0 spiro atoms. The molecule has 0 bridgehead atoms. The van der Waals surface area contributed by atoms with Gasteiger partial charge in [0.2, 0.25) is 11.8 Å². The lowest BCUT2D eigenvalue weighted by molar-refractivity contribution is 0.177. The molecule has 1 aliphatic rings. The van der Waals surface area contributed by atoms with Crippen molar-refractivity contribution in [2.45, 2.75) is 19.3 Å². The number of benzene rings is 1. The second kappa shape index (κ2) is 5.83. The first-order valence-corrected chi connectivity index (χ1v) is 7.90. The molecule has 5 heteroatoms. The molecule has 2 N–H and O–H groups in total. The number of nitrogen functional groups attached to an aromatic ring is 1. The summed E-state index contributed by atoms with van der Waals surface area (Å²) < 4.78 is 5.95. The summed E-state index contributed by atoms with van der Waals surface area (Å²) in [7, 11) is 0. The number of hydrogen-bond donors (Lipinski definition) is 1. The third-order valence-electron chi connectivity index (χ3n) is 4.35. The van der Waals surface area contributed by atoms with Gasteiger partial charge in [0, 0.05) is 18.0 Å². The highest BCUT2D eigenvalue weighted by molar-refractivity contribution is 5.88. The average Bonchev–Trinajstić information content (AvgIpc) is 2.53. The second-order valence-electron chi connectivity index (χ2n) is 5.97. The van der Waals surface area contributed by atoms with Gasteiger partial charge in [0.25, 0.3) is 0 Å². The van der Waals surface area contributed by atoms with Crippen molar-refractivity contribution in [3.05, 3.63) is 42.7 Å². The Kier molecular flexibility index (Phi) is 3.54. The van der Waals surface area contributed by atoms with E-state index < -0.39 is 0 Å². The predicted molar refractivity (Wildman–Crippen MR) is 90.0 cm³/mol. The van der Waals surface area contributed by atoms with Crippen LogP contribution in [0.1, 0.15) is 19.3 Å². The number of nitrogens with two attached hydrogens (primary N) is 1. The zero-order valence-corrected chi connectivity index (χ0v) is 12.8. The van der Waals surface area contributed by atoms with Crippen LogP contribution in [0.25, 0.3) is 22.0 Å². The summed E-state index contributed by atoms with van der Waals surface area (Å²) in [5.74, 6) is 1.46. The molecular formula is C18H18N4O. The van der Waals surface area contributed by atoms with Crippen LogP contribution in [-0.2, 0) is 0 Å². The third kappa shape index (κ3) is 2.82. The van der Waals surface area contributed by atoms with E-state index in [1.807, 2.05) is 36.5 Å². The van der Waals surface area contributed by atoms with Crippen LogP contribution in [0.5, 0.6) is 5.88 Å². The summed E-state index contributed by atoms with van der Waals surface area (Å²) in [6, 6.07) is 9.96. The summed E-state index contributed by atoms with van der Waals surface area (Å²) in [5.41, 5.74) is 8.73.